The number of amides is 1. The third kappa shape index (κ3) is 3.96. The number of rotatable bonds is 5. The minimum absolute atomic E-state index is 0.0600. The maximum atomic E-state index is 15.6. The number of carbonyl (C=O) groups is 2. The minimum atomic E-state index is -1.36. The summed E-state index contributed by atoms with van der Waals surface area (Å²) in [5, 5.41) is 6.99. The number of para-hydroxylation sites is 3. The molecule has 2 fully saturated rings. The van der Waals surface area contributed by atoms with Crippen molar-refractivity contribution in [3.63, 3.8) is 0 Å². The summed E-state index contributed by atoms with van der Waals surface area (Å²) >= 11 is 0. The molecule has 0 aliphatic carbocycles. The Morgan fingerprint density at radius 2 is 1.48 bits per heavy atom. The summed E-state index contributed by atoms with van der Waals surface area (Å²) in [4.78, 5) is 32.4. The molecule has 3 heterocycles. The largest absolute Gasteiger partial charge is 0.496 e. The normalized spacial score (nSPS) is 27.1. The Hall–Kier alpha value is -4.72. The fourth-order valence-corrected chi connectivity index (χ4v) is 7.93. The molecule has 4 aromatic rings. The van der Waals surface area contributed by atoms with Crippen molar-refractivity contribution < 1.29 is 19.1 Å². The van der Waals surface area contributed by atoms with Crippen LogP contribution < -0.4 is 20.1 Å². The molecule has 7 nitrogen and oxygen atoms in total. The second-order valence-corrected chi connectivity index (χ2v) is 11.9. The molecule has 4 atom stereocenters. The van der Waals surface area contributed by atoms with Gasteiger partial charge in [-0.25, -0.2) is 0 Å². The predicted molar refractivity (Wildman–Crippen MR) is 171 cm³/mol. The Morgan fingerprint density at radius 1 is 0.818 bits per heavy atom. The summed E-state index contributed by atoms with van der Waals surface area (Å²) in [5.41, 5.74) is 2.19. The van der Waals surface area contributed by atoms with E-state index in [-0.39, 0.29) is 17.7 Å². The van der Waals surface area contributed by atoms with Crippen molar-refractivity contribution in [3.05, 3.63) is 131 Å². The molecular formula is C37H35N3O4. The SMILES string of the molecule is COc1ccccc1/C=C1\CN(C)C[C@@]2(C1=O)[C@@H](c1ccccc1OC)[C@H](c1ccccc1)N[C@@]21C(=O)Nc2ccccc21. The van der Waals surface area contributed by atoms with Gasteiger partial charge in [0.25, 0.3) is 5.91 Å². The molecule has 3 aliphatic heterocycles. The van der Waals surface area contributed by atoms with Gasteiger partial charge in [0.05, 0.1) is 19.6 Å². The fourth-order valence-electron chi connectivity index (χ4n) is 7.93. The Bertz CT molecular complexity index is 1790. The third-order valence-electron chi connectivity index (χ3n) is 9.58. The van der Waals surface area contributed by atoms with E-state index in [0.29, 0.717) is 35.8 Å². The highest BCUT2D eigenvalue weighted by atomic mass is 16.5. The summed E-state index contributed by atoms with van der Waals surface area (Å²) < 4.78 is 11.6. The van der Waals surface area contributed by atoms with Crippen LogP contribution in [0, 0.1) is 5.41 Å². The average molecular weight is 586 g/mol. The van der Waals surface area contributed by atoms with Crippen molar-refractivity contribution in [2.45, 2.75) is 17.5 Å². The number of likely N-dealkylation sites (N-methyl/N-ethyl adjacent to an activating group) is 1. The van der Waals surface area contributed by atoms with Crippen LogP contribution in [0.15, 0.2) is 109 Å². The van der Waals surface area contributed by atoms with E-state index in [1.807, 2.05) is 104 Å². The number of ether oxygens (including phenoxy) is 2. The standard InChI is InChI=1S/C37H35N3O4/c1-40-22-26(21-25-15-7-11-19-30(25)43-2)34(41)36(23-40)32(27-16-8-12-20-31(27)44-3)33(24-13-5-4-6-14-24)39-37(36)28-17-9-10-18-29(28)38-35(37)42/h4-21,32-33,39H,22-23H2,1-3H3,(H,38,42)/b26-21+/t32-,33-,36-,37-/m0/s1. The van der Waals surface area contributed by atoms with E-state index >= 15 is 4.79 Å². The van der Waals surface area contributed by atoms with Gasteiger partial charge in [-0.3, -0.25) is 14.9 Å². The zero-order valence-corrected chi connectivity index (χ0v) is 25.0. The van der Waals surface area contributed by atoms with E-state index in [1.54, 1.807) is 14.2 Å². The van der Waals surface area contributed by atoms with Crippen molar-refractivity contribution >= 4 is 23.5 Å². The third-order valence-corrected chi connectivity index (χ3v) is 9.58. The van der Waals surface area contributed by atoms with Crippen LogP contribution in [0.25, 0.3) is 6.08 Å². The summed E-state index contributed by atoms with van der Waals surface area (Å²) in [7, 11) is 5.30. The van der Waals surface area contributed by atoms with Crippen molar-refractivity contribution in [2.24, 2.45) is 5.41 Å². The van der Waals surface area contributed by atoms with Crippen molar-refractivity contribution in [1.29, 1.82) is 0 Å². The van der Waals surface area contributed by atoms with Gasteiger partial charge < -0.3 is 19.7 Å². The molecule has 0 aromatic heterocycles. The number of methoxy groups -OCH3 is 2. The van der Waals surface area contributed by atoms with Crippen molar-refractivity contribution in [3.8, 4) is 11.5 Å². The molecule has 7 heteroatoms. The molecule has 222 valence electrons. The van der Waals surface area contributed by atoms with Crippen LogP contribution in [0.3, 0.4) is 0 Å². The van der Waals surface area contributed by atoms with Crippen LogP contribution in [0.4, 0.5) is 5.69 Å². The first-order valence-corrected chi connectivity index (χ1v) is 14.9. The first-order valence-electron chi connectivity index (χ1n) is 14.9. The van der Waals surface area contributed by atoms with Gasteiger partial charge in [0.2, 0.25) is 0 Å². The van der Waals surface area contributed by atoms with Crippen molar-refractivity contribution in [2.75, 3.05) is 39.7 Å². The summed E-state index contributed by atoms with van der Waals surface area (Å²) in [6.45, 7) is 0.794. The van der Waals surface area contributed by atoms with E-state index in [2.05, 4.69) is 27.7 Å². The van der Waals surface area contributed by atoms with Crippen LogP contribution in [0.5, 0.6) is 11.5 Å². The molecule has 0 radical (unpaired) electrons. The maximum Gasteiger partial charge on any atom is 0.250 e. The minimum Gasteiger partial charge on any atom is -0.496 e. The van der Waals surface area contributed by atoms with E-state index < -0.39 is 16.9 Å². The lowest BCUT2D eigenvalue weighted by atomic mass is 9.55. The van der Waals surface area contributed by atoms with Gasteiger partial charge in [0, 0.05) is 53.0 Å². The maximum absolute atomic E-state index is 15.6. The highest BCUT2D eigenvalue weighted by Crippen LogP contribution is 2.66. The number of anilines is 1. The molecule has 1 amide bonds. The smallest absolute Gasteiger partial charge is 0.250 e. The lowest BCUT2D eigenvalue weighted by molar-refractivity contribution is -0.141. The second-order valence-electron chi connectivity index (χ2n) is 11.9. The van der Waals surface area contributed by atoms with Gasteiger partial charge in [0.15, 0.2) is 5.78 Å². The number of hydrogen-bond acceptors (Lipinski definition) is 6. The Labute approximate surface area is 257 Å². The van der Waals surface area contributed by atoms with Crippen LogP contribution in [-0.2, 0) is 15.1 Å². The second kappa shape index (κ2) is 10.8. The monoisotopic (exact) mass is 585 g/mol. The number of ketones is 1. The molecule has 4 aromatic carbocycles. The number of carbonyl (C=O) groups excluding carboxylic acids is 2. The summed E-state index contributed by atoms with van der Waals surface area (Å²) in [6.07, 6.45) is 1.93. The Morgan fingerprint density at radius 3 is 2.25 bits per heavy atom. The highest BCUT2D eigenvalue weighted by molar-refractivity contribution is 6.16. The lowest BCUT2D eigenvalue weighted by Crippen LogP contribution is -2.65. The van der Waals surface area contributed by atoms with Crippen molar-refractivity contribution in [1.82, 2.24) is 10.2 Å². The zero-order valence-electron chi connectivity index (χ0n) is 25.0. The van der Waals surface area contributed by atoms with Gasteiger partial charge in [-0.15, -0.1) is 0 Å². The predicted octanol–water partition coefficient (Wildman–Crippen LogP) is 5.56. The first-order chi connectivity index (χ1) is 21.4. The molecule has 0 bridgehead atoms. The average Bonchev–Trinajstić information content (AvgIpc) is 3.52. The molecule has 2 saturated heterocycles. The number of nitrogens with zero attached hydrogens (tertiary/aromatic N) is 1. The molecule has 44 heavy (non-hydrogen) atoms. The number of benzene rings is 4. The number of Topliss-reactive ketones (excluding diaryl/α,β-unsaturated/α-hetero) is 1. The van der Waals surface area contributed by atoms with E-state index in [1.165, 1.54) is 0 Å². The molecule has 7 rings (SSSR count). The highest BCUT2D eigenvalue weighted by Gasteiger charge is 2.75. The van der Waals surface area contributed by atoms with Gasteiger partial charge in [-0.2, -0.15) is 0 Å². The van der Waals surface area contributed by atoms with E-state index in [9.17, 15) is 4.79 Å². The summed E-state index contributed by atoms with van der Waals surface area (Å²) in [5.74, 6) is 0.614. The molecule has 2 spiro atoms. The van der Waals surface area contributed by atoms with Gasteiger partial charge in [-0.1, -0.05) is 84.9 Å². The quantitative estimate of drug-likeness (QED) is 0.299. The van der Waals surface area contributed by atoms with Gasteiger partial charge in [-0.05, 0) is 36.9 Å². The molecule has 2 N–H and O–H groups in total. The number of hydrogen-bond donors (Lipinski definition) is 2. The fraction of sp³-hybridized carbons (Fsp3) is 0.243. The molecule has 0 saturated carbocycles. The molecule has 0 unspecified atom stereocenters. The van der Waals surface area contributed by atoms with Gasteiger partial charge in [0.1, 0.15) is 17.0 Å². The Balaban J connectivity index is 1.56. The Kier molecular flexibility index (Phi) is 6.87. The van der Waals surface area contributed by atoms with Gasteiger partial charge >= 0.3 is 0 Å². The number of fused-ring (bicyclic) bond motifs is 3. The van der Waals surface area contributed by atoms with E-state index in [0.717, 1.165) is 22.3 Å². The van der Waals surface area contributed by atoms with E-state index in [4.69, 9.17) is 9.47 Å². The first kappa shape index (κ1) is 28.1. The number of nitrogens with one attached hydrogen (secondary N) is 2. The number of piperidine rings is 1. The zero-order chi connectivity index (χ0) is 30.5. The number of likely N-dealkylation sites (tertiary alicyclic amines) is 1. The van der Waals surface area contributed by atoms with Crippen LogP contribution in [0.1, 0.15) is 34.2 Å². The topological polar surface area (TPSA) is 79.9 Å². The molecule has 3 aliphatic rings. The van der Waals surface area contributed by atoms with Crippen LogP contribution in [0.2, 0.25) is 0 Å². The summed E-state index contributed by atoms with van der Waals surface area (Å²) in [6, 6.07) is 33.0. The van der Waals surface area contributed by atoms with Crippen LogP contribution >= 0.6 is 0 Å². The lowest BCUT2D eigenvalue weighted by Gasteiger charge is -2.49. The van der Waals surface area contributed by atoms with Crippen LogP contribution in [-0.4, -0.2) is 50.9 Å². The molecular weight excluding hydrogens is 550 g/mol.